The van der Waals surface area contributed by atoms with E-state index in [0.717, 1.165) is 59.4 Å². The summed E-state index contributed by atoms with van der Waals surface area (Å²) in [4.78, 5) is 28.5. The number of hydrogen-bond donors (Lipinski definition) is 0. The normalized spacial score (nSPS) is 18.6. The summed E-state index contributed by atoms with van der Waals surface area (Å²) < 4.78 is 11.7. The van der Waals surface area contributed by atoms with Gasteiger partial charge in [-0.2, -0.15) is 0 Å². The molecule has 0 fully saturated rings. The van der Waals surface area contributed by atoms with Gasteiger partial charge in [0, 0.05) is 48.3 Å². The number of ether oxygens (including phenoxy) is 2. The molecule has 5 nitrogen and oxygen atoms in total. The average Bonchev–Trinajstić information content (AvgIpc) is 2.86. The maximum atomic E-state index is 13.2. The summed E-state index contributed by atoms with van der Waals surface area (Å²) in [5.74, 6) is 1.02. The molecule has 0 bridgehead atoms. The summed E-state index contributed by atoms with van der Waals surface area (Å²) in [5, 5.41) is 0.965. The second kappa shape index (κ2) is 9.71. The Morgan fingerprint density at radius 3 is 2.11 bits per heavy atom. The van der Waals surface area contributed by atoms with E-state index in [9.17, 15) is 9.59 Å². The molecule has 0 saturated carbocycles. The quantitative estimate of drug-likeness (QED) is 0.451. The van der Waals surface area contributed by atoms with Crippen molar-refractivity contribution in [1.82, 2.24) is 4.90 Å². The van der Waals surface area contributed by atoms with Crippen molar-refractivity contribution < 1.29 is 19.1 Å². The fourth-order valence-corrected chi connectivity index (χ4v) is 5.78. The molecule has 0 amide bonds. The molecule has 0 spiro atoms. The number of carbonyl (C=O) groups is 2. The molecule has 3 aliphatic rings. The standard InChI is InChI=1S/C28H27Cl2NO4/c1-31-20-5-3-7-22(32)27(20)26(28-21(31)6-4-8-23(28)33)17-10-12-24(25(14-17)34-2)35-15-16-9-11-18(29)19(30)13-16/h9-14,26H,3-8,15H2,1-2H3. The lowest BCUT2D eigenvalue weighted by Crippen LogP contribution is -2.37. The summed E-state index contributed by atoms with van der Waals surface area (Å²) in [6, 6.07) is 11.1. The molecule has 0 unspecified atom stereocenters. The third kappa shape index (κ3) is 4.36. The Labute approximate surface area is 215 Å². The predicted octanol–water partition coefficient (Wildman–Crippen LogP) is 6.62. The largest absolute Gasteiger partial charge is 0.493 e. The second-order valence-electron chi connectivity index (χ2n) is 9.21. The van der Waals surface area contributed by atoms with Gasteiger partial charge >= 0.3 is 0 Å². The number of benzene rings is 2. The summed E-state index contributed by atoms with van der Waals surface area (Å²) in [5.41, 5.74) is 5.39. The minimum atomic E-state index is -0.366. The molecule has 5 rings (SSSR count). The molecule has 1 aliphatic heterocycles. The molecule has 2 aromatic carbocycles. The van der Waals surface area contributed by atoms with Crippen molar-refractivity contribution >= 4 is 34.8 Å². The first-order chi connectivity index (χ1) is 16.9. The Bertz CT molecular complexity index is 1240. The van der Waals surface area contributed by atoms with Gasteiger partial charge in [-0.25, -0.2) is 0 Å². The fraction of sp³-hybridized carbons (Fsp3) is 0.357. The minimum Gasteiger partial charge on any atom is -0.493 e. The van der Waals surface area contributed by atoms with Crippen LogP contribution in [0.4, 0.5) is 0 Å². The molecule has 0 aromatic heterocycles. The number of ketones is 2. The van der Waals surface area contributed by atoms with Crippen molar-refractivity contribution in [2.24, 2.45) is 0 Å². The fourth-order valence-electron chi connectivity index (χ4n) is 5.46. The molecule has 0 atom stereocenters. The maximum absolute atomic E-state index is 13.2. The van der Waals surface area contributed by atoms with Crippen LogP contribution in [0.15, 0.2) is 58.9 Å². The van der Waals surface area contributed by atoms with E-state index in [0.29, 0.717) is 41.0 Å². The second-order valence-corrected chi connectivity index (χ2v) is 10.0. The first-order valence-electron chi connectivity index (χ1n) is 11.9. The van der Waals surface area contributed by atoms with Crippen LogP contribution < -0.4 is 9.47 Å². The van der Waals surface area contributed by atoms with Gasteiger partial charge < -0.3 is 14.4 Å². The van der Waals surface area contributed by atoms with Crippen LogP contribution in [-0.4, -0.2) is 30.6 Å². The number of allylic oxidation sites excluding steroid dienone is 4. The van der Waals surface area contributed by atoms with Gasteiger partial charge in [0.2, 0.25) is 0 Å². The number of Topliss-reactive ketones (excluding diaryl/α,β-unsaturated/α-hetero) is 2. The smallest absolute Gasteiger partial charge is 0.161 e. The van der Waals surface area contributed by atoms with Crippen LogP contribution >= 0.6 is 23.2 Å². The zero-order valence-electron chi connectivity index (χ0n) is 19.8. The highest BCUT2D eigenvalue weighted by Gasteiger charge is 2.42. The van der Waals surface area contributed by atoms with Crippen molar-refractivity contribution in [3.63, 3.8) is 0 Å². The van der Waals surface area contributed by atoms with Crippen molar-refractivity contribution in [3.8, 4) is 11.5 Å². The van der Waals surface area contributed by atoms with E-state index in [1.54, 1.807) is 19.2 Å². The van der Waals surface area contributed by atoms with Gasteiger partial charge in [-0.3, -0.25) is 9.59 Å². The molecule has 0 radical (unpaired) electrons. The molecule has 1 heterocycles. The van der Waals surface area contributed by atoms with Crippen LogP contribution in [0.5, 0.6) is 11.5 Å². The van der Waals surface area contributed by atoms with E-state index in [1.165, 1.54) is 0 Å². The monoisotopic (exact) mass is 511 g/mol. The highest BCUT2D eigenvalue weighted by Crippen LogP contribution is 2.49. The van der Waals surface area contributed by atoms with Crippen LogP contribution in [0, 0.1) is 0 Å². The Morgan fingerprint density at radius 2 is 1.51 bits per heavy atom. The topological polar surface area (TPSA) is 55.8 Å². The first kappa shape index (κ1) is 24.0. The van der Waals surface area contributed by atoms with Crippen LogP contribution in [0.2, 0.25) is 10.0 Å². The van der Waals surface area contributed by atoms with Gasteiger partial charge in [0.05, 0.1) is 17.2 Å². The summed E-state index contributed by atoms with van der Waals surface area (Å²) in [7, 11) is 3.59. The lowest BCUT2D eigenvalue weighted by Gasteiger charge is -2.42. The van der Waals surface area contributed by atoms with Gasteiger partial charge in [-0.15, -0.1) is 0 Å². The molecular weight excluding hydrogens is 485 g/mol. The number of rotatable bonds is 5. The Balaban J connectivity index is 1.52. The summed E-state index contributed by atoms with van der Waals surface area (Å²) in [6.07, 6.45) is 4.41. The lowest BCUT2D eigenvalue weighted by molar-refractivity contribution is -0.117. The van der Waals surface area contributed by atoms with Crippen LogP contribution in [0.1, 0.15) is 55.6 Å². The van der Waals surface area contributed by atoms with Gasteiger partial charge in [-0.05, 0) is 61.1 Å². The predicted molar refractivity (Wildman–Crippen MR) is 136 cm³/mol. The van der Waals surface area contributed by atoms with Crippen molar-refractivity contribution in [2.75, 3.05) is 14.2 Å². The van der Waals surface area contributed by atoms with E-state index >= 15 is 0 Å². The minimum absolute atomic E-state index is 0.131. The number of carbonyl (C=O) groups excluding carboxylic acids is 2. The third-order valence-corrected chi connectivity index (χ3v) is 7.88. The molecule has 2 aromatic rings. The molecular formula is C28H27Cl2NO4. The molecule has 7 heteroatoms. The Kier molecular flexibility index (Phi) is 6.65. The SMILES string of the molecule is COc1cc(C2C3=C(CCCC3=O)N(C)C3=C2C(=O)CCC3)ccc1OCc1ccc(Cl)c(Cl)c1. The third-order valence-electron chi connectivity index (χ3n) is 7.14. The highest BCUT2D eigenvalue weighted by molar-refractivity contribution is 6.42. The number of hydrogen-bond acceptors (Lipinski definition) is 5. The van der Waals surface area contributed by atoms with Crippen molar-refractivity contribution in [1.29, 1.82) is 0 Å². The number of nitrogens with zero attached hydrogens (tertiary/aromatic N) is 1. The lowest BCUT2D eigenvalue weighted by atomic mass is 9.71. The number of methoxy groups -OCH3 is 1. The summed E-state index contributed by atoms with van der Waals surface area (Å²) in [6.45, 7) is 0.294. The maximum Gasteiger partial charge on any atom is 0.161 e. The number of halogens is 2. The van der Waals surface area contributed by atoms with Crippen molar-refractivity contribution in [2.45, 2.75) is 51.0 Å². The van der Waals surface area contributed by atoms with E-state index in [-0.39, 0.29) is 17.5 Å². The van der Waals surface area contributed by atoms with E-state index in [2.05, 4.69) is 4.90 Å². The van der Waals surface area contributed by atoms with Crippen LogP contribution in [-0.2, 0) is 16.2 Å². The van der Waals surface area contributed by atoms with Gasteiger partial charge in [-0.1, -0.05) is 35.3 Å². The van der Waals surface area contributed by atoms with Crippen LogP contribution in [0.3, 0.4) is 0 Å². The van der Waals surface area contributed by atoms with E-state index < -0.39 is 0 Å². The Morgan fingerprint density at radius 1 is 0.857 bits per heavy atom. The van der Waals surface area contributed by atoms with Gasteiger partial charge in [0.15, 0.2) is 23.1 Å². The molecule has 182 valence electrons. The molecule has 0 saturated heterocycles. The average molecular weight is 512 g/mol. The van der Waals surface area contributed by atoms with Gasteiger partial charge in [0.25, 0.3) is 0 Å². The van der Waals surface area contributed by atoms with E-state index in [1.807, 2.05) is 31.3 Å². The first-order valence-corrected chi connectivity index (χ1v) is 12.7. The zero-order valence-corrected chi connectivity index (χ0v) is 21.3. The molecule has 2 aliphatic carbocycles. The molecule has 0 N–H and O–H groups in total. The van der Waals surface area contributed by atoms with Gasteiger partial charge in [0.1, 0.15) is 6.61 Å². The molecule has 35 heavy (non-hydrogen) atoms. The zero-order chi connectivity index (χ0) is 24.7. The van der Waals surface area contributed by atoms with Crippen LogP contribution in [0.25, 0.3) is 0 Å². The van der Waals surface area contributed by atoms with Crippen molar-refractivity contribution in [3.05, 3.63) is 80.1 Å². The summed E-state index contributed by atoms with van der Waals surface area (Å²) >= 11 is 12.1. The highest BCUT2D eigenvalue weighted by atomic mass is 35.5. The Hall–Kier alpha value is -2.76. The van der Waals surface area contributed by atoms with E-state index in [4.69, 9.17) is 32.7 Å².